The Bertz CT molecular complexity index is 1290. The lowest BCUT2D eigenvalue weighted by atomic mass is 9.99. The lowest BCUT2D eigenvalue weighted by Crippen LogP contribution is -2.52. The number of hydrogen-bond acceptors (Lipinski definition) is 7. The number of nitrogens with zero attached hydrogens (tertiary/aromatic N) is 3. The Labute approximate surface area is 224 Å². The zero-order valence-corrected chi connectivity index (χ0v) is 23.3. The average molecular weight is 545 g/mol. The molecule has 1 unspecified atom stereocenters. The molecule has 38 heavy (non-hydrogen) atoms. The molecule has 4 rings (SSSR count). The molecule has 4 heterocycles. The van der Waals surface area contributed by atoms with Gasteiger partial charge in [-0.15, -0.1) is 0 Å². The number of aromatic nitrogens is 1. The molecular weight excluding hydrogens is 508 g/mol. The lowest BCUT2D eigenvalue weighted by molar-refractivity contribution is -0.201. The number of rotatable bonds is 8. The number of carbonyl (C=O) groups is 2. The molecular formula is C27H36N4O6S. The third-order valence-electron chi connectivity index (χ3n) is 7.49. The fraction of sp³-hybridized carbons (Fsp3) is 0.630. The molecule has 1 N–H and O–H groups in total. The quantitative estimate of drug-likeness (QED) is 0.392. The number of hydrogen-bond donors (Lipinski definition) is 1. The van der Waals surface area contributed by atoms with Gasteiger partial charge in [-0.2, -0.15) is 0 Å². The first-order chi connectivity index (χ1) is 18.0. The molecule has 2 saturated heterocycles. The smallest absolute Gasteiger partial charge is 0.328 e. The minimum absolute atomic E-state index is 0.0820. The molecule has 0 radical (unpaired) electrons. The zero-order valence-electron chi connectivity index (χ0n) is 22.5. The standard InChI is InChI=1S/C27H36N4O6S/c1-20(2)30-16-22(17-30)10-6-5-9-21-15-23-19-29(26(33)31(23)18-21)13-12-27(3,38(4,34)35)25(32)28-37-24-11-7-8-14-36-24/h15,18,20,22,24H,7-8,11-14,16-17,19H2,1-4H3,(H,28,32)/t24?,27-/m1/s1. The number of ether oxygens (including phenoxy) is 1. The van der Waals surface area contributed by atoms with Crippen molar-refractivity contribution in [3.8, 4) is 23.7 Å². The highest BCUT2D eigenvalue weighted by Crippen LogP contribution is 2.26. The van der Waals surface area contributed by atoms with Crippen LogP contribution in [-0.4, -0.2) is 84.3 Å². The van der Waals surface area contributed by atoms with Crippen LogP contribution in [0.25, 0.3) is 0 Å². The van der Waals surface area contributed by atoms with E-state index in [1.54, 1.807) is 6.20 Å². The van der Waals surface area contributed by atoms with Gasteiger partial charge in [0.05, 0.1) is 6.54 Å². The third-order valence-corrected chi connectivity index (χ3v) is 9.52. The third kappa shape index (κ3) is 6.24. The van der Waals surface area contributed by atoms with Crippen LogP contribution in [0.4, 0.5) is 4.79 Å². The highest BCUT2D eigenvalue weighted by molar-refractivity contribution is 7.92. The van der Waals surface area contributed by atoms with Crippen LogP contribution in [0.3, 0.4) is 0 Å². The molecule has 0 bridgehead atoms. The number of likely N-dealkylation sites (tertiary alicyclic amines) is 1. The van der Waals surface area contributed by atoms with E-state index in [-0.39, 0.29) is 19.0 Å². The summed E-state index contributed by atoms with van der Waals surface area (Å²) in [7, 11) is -3.82. The summed E-state index contributed by atoms with van der Waals surface area (Å²) in [5.41, 5.74) is 3.72. The molecule has 2 atom stereocenters. The van der Waals surface area contributed by atoms with E-state index >= 15 is 0 Å². The van der Waals surface area contributed by atoms with Crippen molar-refractivity contribution in [2.24, 2.45) is 5.92 Å². The van der Waals surface area contributed by atoms with Crippen LogP contribution in [0.2, 0.25) is 0 Å². The van der Waals surface area contributed by atoms with Gasteiger partial charge in [-0.05, 0) is 57.9 Å². The van der Waals surface area contributed by atoms with Gasteiger partial charge in [-0.3, -0.25) is 14.3 Å². The highest BCUT2D eigenvalue weighted by atomic mass is 32.2. The maximum absolute atomic E-state index is 12.9. The maximum Gasteiger partial charge on any atom is 0.328 e. The van der Waals surface area contributed by atoms with E-state index < -0.39 is 26.8 Å². The molecule has 2 amide bonds. The van der Waals surface area contributed by atoms with E-state index in [9.17, 15) is 18.0 Å². The van der Waals surface area contributed by atoms with Crippen molar-refractivity contribution in [1.82, 2.24) is 19.8 Å². The van der Waals surface area contributed by atoms with Crippen LogP contribution >= 0.6 is 0 Å². The number of carbonyl (C=O) groups excluding carboxylic acids is 2. The van der Waals surface area contributed by atoms with Crippen LogP contribution in [0.5, 0.6) is 0 Å². The van der Waals surface area contributed by atoms with Crippen molar-refractivity contribution in [1.29, 1.82) is 0 Å². The van der Waals surface area contributed by atoms with Gasteiger partial charge in [0.1, 0.15) is 0 Å². The van der Waals surface area contributed by atoms with E-state index in [4.69, 9.17) is 9.57 Å². The minimum atomic E-state index is -3.82. The molecule has 1 aromatic heterocycles. The molecule has 3 aliphatic rings. The molecule has 0 aliphatic carbocycles. The Kier molecular flexibility index (Phi) is 8.53. The molecule has 206 valence electrons. The van der Waals surface area contributed by atoms with Crippen molar-refractivity contribution < 1.29 is 27.6 Å². The van der Waals surface area contributed by atoms with Crippen molar-refractivity contribution in [2.45, 2.75) is 70.1 Å². The summed E-state index contributed by atoms with van der Waals surface area (Å²) in [6.07, 6.45) is 4.43. The SMILES string of the molecule is CC(C)N1CC(C#CC#Cc2cc3n(c2)C(=O)N(CC[C@](C)(C(=O)NOC2CCCCO2)S(C)(=O)=O)C3)C1. The molecule has 1 aromatic rings. The van der Waals surface area contributed by atoms with Crippen LogP contribution in [0.1, 0.15) is 57.7 Å². The highest BCUT2D eigenvalue weighted by Gasteiger charge is 2.45. The molecule has 3 aliphatic heterocycles. The Balaban J connectivity index is 1.32. The number of nitrogens with one attached hydrogen (secondary N) is 1. The lowest BCUT2D eigenvalue weighted by Gasteiger charge is -2.39. The van der Waals surface area contributed by atoms with Gasteiger partial charge < -0.3 is 9.64 Å². The number of sulfone groups is 1. The summed E-state index contributed by atoms with van der Waals surface area (Å²) in [5.74, 6) is 11.5. The van der Waals surface area contributed by atoms with Gasteiger partial charge in [0, 0.05) is 68.3 Å². The van der Waals surface area contributed by atoms with E-state index in [2.05, 4.69) is 47.9 Å². The van der Waals surface area contributed by atoms with Crippen molar-refractivity contribution in [3.63, 3.8) is 0 Å². The first-order valence-corrected chi connectivity index (χ1v) is 14.9. The van der Waals surface area contributed by atoms with Gasteiger partial charge in [-0.1, -0.05) is 11.8 Å². The number of amides is 2. The fourth-order valence-electron chi connectivity index (χ4n) is 4.58. The first-order valence-electron chi connectivity index (χ1n) is 13.0. The molecule has 11 heteroatoms. The number of fused-ring (bicyclic) bond motifs is 1. The van der Waals surface area contributed by atoms with E-state index in [1.807, 2.05) is 6.07 Å². The summed E-state index contributed by atoms with van der Waals surface area (Å²) in [6, 6.07) is 2.08. The van der Waals surface area contributed by atoms with Crippen molar-refractivity contribution in [2.75, 3.05) is 32.5 Å². The molecule has 0 saturated carbocycles. The molecule has 0 aromatic carbocycles. The Morgan fingerprint density at radius 1 is 1.29 bits per heavy atom. The Morgan fingerprint density at radius 3 is 2.68 bits per heavy atom. The Hall–Kier alpha value is -2.83. The second-order valence-electron chi connectivity index (χ2n) is 10.7. The van der Waals surface area contributed by atoms with Gasteiger partial charge in [0.15, 0.2) is 20.9 Å². The van der Waals surface area contributed by atoms with E-state index in [1.165, 1.54) is 16.4 Å². The predicted molar refractivity (Wildman–Crippen MR) is 141 cm³/mol. The molecule has 0 spiro atoms. The topological polar surface area (TPSA) is 110 Å². The Morgan fingerprint density at radius 2 is 2.05 bits per heavy atom. The first kappa shape index (κ1) is 28.2. The average Bonchev–Trinajstić information content (AvgIpc) is 3.37. The van der Waals surface area contributed by atoms with Crippen LogP contribution in [0, 0.1) is 29.6 Å². The van der Waals surface area contributed by atoms with Crippen LogP contribution in [0.15, 0.2) is 12.3 Å². The normalized spacial score (nSPS) is 21.6. The van der Waals surface area contributed by atoms with Crippen LogP contribution in [-0.2, 0) is 30.8 Å². The number of hydroxylamine groups is 1. The van der Waals surface area contributed by atoms with Crippen molar-refractivity contribution >= 4 is 21.8 Å². The van der Waals surface area contributed by atoms with E-state index in [0.29, 0.717) is 37.1 Å². The predicted octanol–water partition coefficient (Wildman–Crippen LogP) is 1.73. The molecule has 2 fully saturated rings. The van der Waals surface area contributed by atoms with Gasteiger partial charge in [0.25, 0.3) is 5.91 Å². The second kappa shape index (κ2) is 11.5. The zero-order chi connectivity index (χ0) is 27.5. The summed E-state index contributed by atoms with van der Waals surface area (Å²) < 4.78 is 30.3. The van der Waals surface area contributed by atoms with E-state index in [0.717, 1.165) is 37.9 Å². The largest absolute Gasteiger partial charge is 0.350 e. The molecule has 10 nitrogen and oxygen atoms in total. The minimum Gasteiger partial charge on any atom is -0.350 e. The van der Waals surface area contributed by atoms with Crippen molar-refractivity contribution in [3.05, 3.63) is 23.5 Å². The summed E-state index contributed by atoms with van der Waals surface area (Å²) in [6.45, 7) is 8.54. The second-order valence-corrected chi connectivity index (χ2v) is 13.1. The summed E-state index contributed by atoms with van der Waals surface area (Å²) in [5, 5.41) is 0. The summed E-state index contributed by atoms with van der Waals surface area (Å²) >= 11 is 0. The maximum atomic E-state index is 12.9. The van der Waals surface area contributed by atoms with Crippen LogP contribution < -0.4 is 5.48 Å². The van der Waals surface area contributed by atoms with Gasteiger partial charge in [-0.25, -0.2) is 23.5 Å². The summed E-state index contributed by atoms with van der Waals surface area (Å²) in [4.78, 5) is 35.0. The monoisotopic (exact) mass is 544 g/mol. The van der Waals surface area contributed by atoms with Gasteiger partial charge in [0.2, 0.25) is 0 Å². The fourth-order valence-corrected chi connectivity index (χ4v) is 5.42. The van der Waals surface area contributed by atoms with Gasteiger partial charge >= 0.3 is 6.03 Å².